The fourth-order valence-electron chi connectivity index (χ4n) is 1.50. The molecular formula is C11H11NO2. The van der Waals surface area contributed by atoms with Crippen LogP contribution in [0.5, 0.6) is 5.75 Å². The van der Waals surface area contributed by atoms with Crippen molar-refractivity contribution in [1.82, 2.24) is 4.98 Å². The summed E-state index contributed by atoms with van der Waals surface area (Å²) in [6.45, 7) is 2.05. The summed E-state index contributed by atoms with van der Waals surface area (Å²) in [7, 11) is 0. The lowest BCUT2D eigenvalue weighted by molar-refractivity contribution is 0.480. The molecule has 0 unspecified atom stereocenters. The third-order valence-electron chi connectivity index (χ3n) is 2.29. The molecule has 1 aromatic heterocycles. The minimum absolute atomic E-state index is 0.0408. The highest BCUT2D eigenvalue weighted by atomic mass is 16.3. The number of benzene rings is 1. The van der Waals surface area contributed by atoms with Crippen molar-refractivity contribution in [2.45, 2.75) is 13.3 Å². The van der Waals surface area contributed by atoms with E-state index in [1.807, 2.05) is 25.1 Å². The highest BCUT2D eigenvalue weighted by Crippen LogP contribution is 2.21. The molecule has 2 N–H and O–H groups in total. The van der Waals surface area contributed by atoms with Gasteiger partial charge in [-0.05, 0) is 24.1 Å². The highest BCUT2D eigenvalue weighted by Gasteiger charge is 2.01. The van der Waals surface area contributed by atoms with Gasteiger partial charge in [-0.3, -0.25) is 4.79 Å². The molecular weight excluding hydrogens is 178 g/mol. The normalized spacial score (nSPS) is 10.6. The van der Waals surface area contributed by atoms with E-state index in [1.165, 1.54) is 6.07 Å². The molecule has 0 radical (unpaired) electrons. The zero-order chi connectivity index (χ0) is 10.1. The van der Waals surface area contributed by atoms with E-state index in [4.69, 9.17) is 0 Å². The number of fused-ring (bicyclic) bond motifs is 1. The van der Waals surface area contributed by atoms with Crippen LogP contribution in [0.2, 0.25) is 0 Å². The molecule has 0 amide bonds. The third kappa shape index (κ3) is 1.37. The van der Waals surface area contributed by atoms with E-state index < -0.39 is 0 Å². The standard InChI is InChI=1S/C11H11NO2/c1-2-7-3-4-9-8(5-7)10(13)6-11(14)12-9/h3-6H,2H2,1H3,(H2,12,13,14). The van der Waals surface area contributed by atoms with Gasteiger partial charge in [-0.2, -0.15) is 0 Å². The van der Waals surface area contributed by atoms with Gasteiger partial charge < -0.3 is 10.1 Å². The van der Waals surface area contributed by atoms with Crippen LogP contribution in [0.25, 0.3) is 10.9 Å². The van der Waals surface area contributed by atoms with Crippen LogP contribution in [0.15, 0.2) is 29.1 Å². The van der Waals surface area contributed by atoms with Crippen molar-refractivity contribution >= 4 is 10.9 Å². The Morgan fingerprint density at radius 1 is 1.36 bits per heavy atom. The predicted octanol–water partition coefficient (Wildman–Crippen LogP) is 1.80. The number of H-pyrrole nitrogens is 1. The first kappa shape index (κ1) is 8.81. The quantitative estimate of drug-likeness (QED) is 0.718. The number of pyridine rings is 1. The van der Waals surface area contributed by atoms with Crippen molar-refractivity contribution in [3.63, 3.8) is 0 Å². The van der Waals surface area contributed by atoms with Gasteiger partial charge in [0.25, 0.3) is 5.56 Å². The van der Waals surface area contributed by atoms with E-state index in [2.05, 4.69) is 4.98 Å². The van der Waals surface area contributed by atoms with Crippen molar-refractivity contribution in [3.8, 4) is 5.75 Å². The lowest BCUT2D eigenvalue weighted by Gasteiger charge is -2.02. The second-order valence-electron chi connectivity index (χ2n) is 3.25. The van der Waals surface area contributed by atoms with Crippen LogP contribution in [-0.2, 0) is 6.42 Å². The minimum Gasteiger partial charge on any atom is -0.507 e. The molecule has 14 heavy (non-hydrogen) atoms. The number of nitrogens with one attached hydrogen (secondary N) is 1. The molecule has 2 rings (SSSR count). The van der Waals surface area contributed by atoms with Crippen molar-refractivity contribution in [2.24, 2.45) is 0 Å². The van der Waals surface area contributed by atoms with Crippen LogP contribution in [0.4, 0.5) is 0 Å². The van der Waals surface area contributed by atoms with Crippen molar-refractivity contribution < 1.29 is 5.11 Å². The molecule has 1 heterocycles. The molecule has 0 aliphatic heterocycles. The molecule has 2 aromatic rings. The lowest BCUT2D eigenvalue weighted by atomic mass is 10.1. The Morgan fingerprint density at radius 2 is 2.14 bits per heavy atom. The molecule has 0 saturated heterocycles. The van der Waals surface area contributed by atoms with Crippen molar-refractivity contribution in [1.29, 1.82) is 0 Å². The monoisotopic (exact) mass is 189 g/mol. The number of hydrogen-bond acceptors (Lipinski definition) is 2. The Hall–Kier alpha value is -1.77. The van der Waals surface area contributed by atoms with E-state index in [0.29, 0.717) is 10.9 Å². The van der Waals surface area contributed by atoms with Crippen LogP contribution < -0.4 is 5.56 Å². The van der Waals surface area contributed by atoms with Gasteiger partial charge in [0, 0.05) is 11.5 Å². The fourth-order valence-corrected chi connectivity index (χ4v) is 1.50. The number of aromatic nitrogens is 1. The maximum absolute atomic E-state index is 11.0. The van der Waals surface area contributed by atoms with E-state index in [0.717, 1.165) is 12.0 Å². The Morgan fingerprint density at radius 3 is 2.86 bits per heavy atom. The maximum Gasteiger partial charge on any atom is 0.252 e. The van der Waals surface area contributed by atoms with E-state index in [9.17, 15) is 9.90 Å². The summed E-state index contributed by atoms with van der Waals surface area (Å²) in [6.07, 6.45) is 0.911. The maximum atomic E-state index is 11.0. The van der Waals surface area contributed by atoms with E-state index in [1.54, 1.807) is 0 Å². The van der Waals surface area contributed by atoms with Gasteiger partial charge in [0.05, 0.1) is 5.52 Å². The third-order valence-corrected chi connectivity index (χ3v) is 2.29. The molecule has 3 nitrogen and oxygen atoms in total. The molecule has 0 fully saturated rings. The molecule has 3 heteroatoms. The highest BCUT2D eigenvalue weighted by molar-refractivity contribution is 5.84. The summed E-state index contributed by atoms with van der Waals surface area (Å²) in [5, 5.41) is 10.3. The van der Waals surface area contributed by atoms with Gasteiger partial charge in [0.1, 0.15) is 5.75 Å². The summed E-state index contributed by atoms with van der Waals surface area (Å²) >= 11 is 0. The molecule has 72 valence electrons. The fraction of sp³-hybridized carbons (Fsp3) is 0.182. The van der Waals surface area contributed by atoms with Crippen LogP contribution in [0.1, 0.15) is 12.5 Å². The average Bonchev–Trinajstić information content (AvgIpc) is 2.17. The Bertz CT molecular complexity index is 528. The first-order chi connectivity index (χ1) is 6.70. The van der Waals surface area contributed by atoms with Crippen LogP contribution >= 0.6 is 0 Å². The minimum atomic E-state index is -0.278. The summed E-state index contributed by atoms with van der Waals surface area (Å²) in [5.74, 6) is 0.0408. The SMILES string of the molecule is CCc1ccc2[nH]c(=O)cc(O)c2c1. The first-order valence-corrected chi connectivity index (χ1v) is 4.55. The smallest absolute Gasteiger partial charge is 0.252 e. The predicted molar refractivity (Wildman–Crippen MR) is 55.6 cm³/mol. The number of aromatic amines is 1. The second-order valence-corrected chi connectivity index (χ2v) is 3.25. The molecule has 0 aliphatic rings. The number of aryl methyl sites for hydroxylation is 1. The summed E-state index contributed by atoms with van der Waals surface area (Å²) in [5.41, 5.74) is 1.53. The largest absolute Gasteiger partial charge is 0.507 e. The molecule has 0 atom stereocenters. The van der Waals surface area contributed by atoms with Gasteiger partial charge in [-0.25, -0.2) is 0 Å². The summed E-state index contributed by atoms with van der Waals surface area (Å²) in [6, 6.07) is 6.84. The van der Waals surface area contributed by atoms with E-state index in [-0.39, 0.29) is 11.3 Å². The van der Waals surface area contributed by atoms with E-state index >= 15 is 0 Å². The number of rotatable bonds is 1. The lowest BCUT2D eigenvalue weighted by Crippen LogP contribution is -2.02. The van der Waals surface area contributed by atoms with Gasteiger partial charge >= 0.3 is 0 Å². The van der Waals surface area contributed by atoms with Gasteiger partial charge in [-0.1, -0.05) is 13.0 Å². The molecule has 0 saturated carbocycles. The van der Waals surface area contributed by atoms with Crippen molar-refractivity contribution in [2.75, 3.05) is 0 Å². The summed E-state index contributed by atoms with van der Waals surface area (Å²) in [4.78, 5) is 13.7. The van der Waals surface area contributed by atoms with Gasteiger partial charge in [0.15, 0.2) is 0 Å². The summed E-state index contributed by atoms with van der Waals surface area (Å²) < 4.78 is 0. The molecule has 0 spiro atoms. The van der Waals surface area contributed by atoms with Crippen LogP contribution in [-0.4, -0.2) is 10.1 Å². The molecule has 0 bridgehead atoms. The van der Waals surface area contributed by atoms with Crippen LogP contribution in [0, 0.1) is 0 Å². The Labute approximate surface area is 81.0 Å². The zero-order valence-electron chi connectivity index (χ0n) is 7.87. The van der Waals surface area contributed by atoms with Gasteiger partial charge in [-0.15, -0.1) is 0 Å². The number of aromatic hydroxyl groups is 1. The zero-order valence-corrected chi connectivity index (χ0v) is 7.87. The Balaban J connectivity index is 2.82. The number of hydrogen-bond donors (Lipinski definition) is 2. The first-order valence-electron chi connectivity index (χ1n) is 4.55. The second kappa shape index (κ2) is 3.18. The Kier molecular flexibility index (Phi) is 2.00. The average molecular weight is 189 g/mol. The van der Waals surface area contributed by atoms with Crippen molar-refractivity contribution in [3.05, 3.63) is 40.2 Å². The van der Waals surface area contributed by atoms with Gasteiger partial charge in [0.2, 0.25) is 0 Å². The topological polar surface area (TPSA) is 53.1 Å². The van der Waals surface area contributed by atoms with Crippen LogP contribution in [0.3, 0.4) is 0 Å². The molecule has 0 aliphatic carbocycles. The molecule has 1 aromatic carbocycles.